The third-order valence-corrected chi connectivity index (χ3v) is 6.41. The van der Waals surface area contributed by atoms with E-state index >= 15 is 0 Å². The first-order chi connectivity index (χ1) is 20.1. The topological polar surface area (TPSA) is 142 Å². The van der Waals surface area contributed by atoms with Crippen molar-refractivity contribution < 1.29 is 14.3 Å². The number of hydrogen-bond donors (Lipinski definition) is 3. The molecule has 0 atom stereocenters. The molecule has 3 aromatic heterocycles. The van der Waals surface area contributed by atoms with Gasteiger partial charge in [-0.2, -0.15) is 5.26 Å². The van der Waals surface area contributed by atoms with Gasteiger partial charge in [0.2, 0.25) is 11.8 Å². The van der Waals surface area contributed by atoms with Crippen molar-refractivity contribution in [3.8, 4) is 34.5 Å². The summed E-state index contributed by atoms with van der Waals surface area (Å²) in [5.41, 5.74) is 6.97. The van der Waals surface area contributed by atoms with E-state index in [4.69, 9.17) is 14.4 Å². The van der Waals surface area contributed by atoms with Gasteiger partial charge in [-0.15, -0.1) is 5.10 Å². The zero-order valence-corrected chi connectivity index (χ0v) is 22.5. The maximum atomic E-state index is 9.19. The molecular formula is C31H29N7O3. The number of ether oxygens (including phenoxy) is 1. The predicted molar refractivity (Wildman–Crippen MR) is 154 cm³/mol. The predicted octanol–water partition coefficient (Wildman–Crippen LogP) is 4.82. The lowest BCUT2D eigenvalue weighted by molar-refractivity contribution is 0.288. The highest BCUT2D eigenvalue weighted by molar-refractivity contribution is 5.75. The monoisotopic (exact) mass is 547 g/mol. The number of aliphatic hydroxyl groups is 1. The maximum Gasteiger partial charge on any atom is 0.320 e. The molecule has 41 heavy (non-hydrogen) atoms. The van der Waals surface area contributed by atoms with Gasteiger partial charge in [0, 0.05) is 43.0 Å². The van der Waals surface area contributed by atoms with Crippen LogP contribution in [0.5, 0.6) is 5.88 Å². The van der Waals surface area contributed by atoms with Crippen LogP contribution >= 0.6 is 0 Å². The molecule has 0 aliphatic carbocycles. The minimum Gasteiger partial charge on any atom is -0.477 e. The number of nitrogens with one attached hydrogen (secondary N) is 2. The molecule has 0 saturated heterocycles. The Morgan fingerprint density at radius 2 is 1.85 bits per heavy atom. The zero-order chi connectivity index (χ0) is 28.4. The van der Waals surface area contributed by atoms with Crippen LogP contribution in [0.2, 0.25) is 0 Å². The van der Waals surface area contributed by atoms with Crippen molar-refractivity contribution in [3.05, 3.63) is 102 Å². The van der Waals surface area contributed by atoms with Crippen LogP contribution in [0.4, 0.5) is 11.7 Å². The number of hydrogen-bond acceptors (Lipinski definition) is 10. The molecule has 5 rings (SSSR count). The minimum atomic E-state index is 0.0133. The van der Waals surface area contributed by atoms with E-state index in [1.807, 2.05) is 43.3 Å². The number of rotatable bonds is 12. The van der Waals surface area contributed by atoms with Crippen LogP contribution in [0.1, 0.15) is 22.3 Å². The van der Waals surface area contributed by atoms with Crippen LogP contribution in [0, 0.1) is 18.3 Å². The fourth-order valence-electron chi connectivity index (χ4n) is 4.38. The molecule has 3 N–H and O–H groups in total. The highest BCUT2D eigenvalue weighted by atomic mass is 16.5. The van der Waals surface area contributed by atoms with Gasteiger partial charge in [0.15, 0.2) is 0 Å². The zero-order valence-electron chi connectivity index (χ0n) is 22.5. The Hall–Kier alpha value is -5.11. The number of nitriles is 1. The van der Waals surface area contributed by atoms with E-state index in [9.17, 15) is 5.11 Å². The van der Waals surface area contributed by atoms with Gasteiger partial charge in [-0.3, -0.25) is 4.98 Å². The Morgan fingerprint density at radius 1 is 1.00 bits per heavy atom. The second kappa shape index (κ2) is 13.3. The molecule has 10 heteroatoms. The number of aromatic nitrogens is 4. The molecule has 0 amide bonds. The summed E-state index contributed by atoms with van der Waals surface area (Å²) in [5.74, 6) is 0.875. The van der Waals surface area contributed by atoms with Gasteiger partial charge < -0.3 is 24.9 Å². The number of anilines is 2. The van der Waals surface area contributed by atoms with E-state index in [1.54, 1.807) is 18.5 Å². The molecule has 10 nitrogen and oxygen atoms in total. The van der Waals surface area contributed by atoms with E-state index in [-0.39, 0.29) is 12.6 Å². The van der Waals surface area contributed by atoms with Gasteiger partial charge in [0.05, 0.1) is 30.7 Å². The highest BCUT2D eigenvalue weighted by Crippen LogP contribution is 2.32. The largest absolute Gasteiger partial charge is 0.477 e. The average molecular weight is 548 g/mol. The van der Waals surface area contributed by atoms with E-state index in [0.29, 0.717) is 49.1 Å². The molecular weight excluding hydrogens is 518 g/mol. The maximum absolute atomic E-state index is 9.19. The Bertz CT molecular complexity index is 1650. The van der Waals surface area contributed by atoms with Gasteiger partial charge in [-0.1, -0.05) is 47.6 Å². The van der Waals surface area contributed by atoms with E-state index in [1.165, 1.54) is 6.20 Å². The molecule has 0 fully saturated rings. The van der Waals surface area contributed by atoms with Crippen LogP contribution in [0.3, 0.4) is 0 Å². The van der Waals surface area contributed by atoms with E-state index < -0.39 is 0 Å². The molecule has 5 aromatic rings. The van der Waals surface area contributed by atoms with Crippen LogP contribution in [-0.4, -0.2) is 45.0 Å². The van der Waals surface area contributed by atoms with Crippen molar-refractivity contribution in [2.24, 2.45) is 0 Å². The van der Waals surface area contributed by atoms with Gasteiger partial charge >= 0.3 is 6.01 Å². The quantitative estimate of drug-likeness (QED) is 0.186. The van der Waals surface area contributed by atoms with Crippen molar-refractivity contribution in [1.29, 1.82) is 5.26 Å². The Labute approximate surface area is 237 Å². The Balaban J connectivity index is 1.30. The molecule has 0 spiro atoms. The summed E-state index contributed by atoms with van der Waals surface area (Å²) >= 11 is 0. The number of nitrogens with zero attached hydrogens (tertiary/aromatic N) is 5. The number of benzene rings is 2. The molecule has 0 aliphatic heterocycles. The molecule has 0 bridgehead atoms. The van der Waals surface area contributed by atoms with Crippen molar-refractivity contribution in [2.75, 3.05) is 25.1 Å². The van der Waals surface area contributed by atoms with E-state index in [0.717, 1.165) is 33.4 Å². The van der Waals surface area contributed by atoms with Crippen LogP contribution < -0.4 is 15.4 Å². The van der Waals surface area contributed by atoms with Gasteiger partial charge in [-0.25, -0.2) is 4.98 Å². The van der Waals surface area contributed by atoms with Crippen LogP contribution in [-0.2, 0) is 13.0 Å². The van der Waals surface area contributed by atoms with Gasteiger partial charge in [0.25, 0.3) is 0 Å². The summed E-state index contributed by atoms with van der Waals surface area (Å²) in [6, 6.07) is 22.2. The smallest absolute Gasteiger partial charge is 0.320 e. The lowest BCUT2D eigenvalue weighted by Gasteiger charge is -2.13. The van der Waals surface area contributed by atoms with Crippen molar-refractivity contribution >= 4 is 11.7 Å². The number of aliphatic hydroxyl groups excluding tert-OH is 1. The van der Waals surface area contributed by atoms with Crippen molar-refractivity contribution in [2.45, 2.75) is 19.9 Å². The first-order valence-corrected chi connectivity index (χ1v) is 13.2. The molecule has 206 valence electrons. The minimum absolute atomic E-state index is 0.0133. The standard InChI is InChI=1S/C31H29N7O3/c1-21-27(24-6-3-2-4-7-24)8-5-9-28(21)30-37-38-31(41-30)36-26-15-25(19-33-11-12-39)29(35-20-26)40-13-10-22-14-23(16-32)18-34-17-22/h2-9,14-15,17-18,20,33,39H,10-13,19H2,1H3,(H,36,38). The summed E-state index contributed by atoms with van der Waals surface area (Å²) in [6.07, 6.45) is 5.45. The SMILES string of the molecule is Cc1c(-c2ccccc2)cccc1-c1nnc(Nc2cnc(OCCc3cncc(C#N)c3)c(CNCCO)c2)o1. The van der Waals surface area contributed by atoms with E-state index in [2.05, 4.69) is 55.1 Å². The molecule has 0 saturated carbocycles. The second-order valence-electron chi connectivity index (χ2n) is 9.26. The molecule has 0 unspecified atom stereocenters. The van der Waals surface area contributed by atoms with Crippen molar-refractivity contribution in [3.63, 3.8) is 0 Å². The fourth-order valence-corrected chi connectivity index (χ4v) is 4.38. The van der Waals surface area contributed by atoms with Gasteiger partial charge in [0.1, 0.15) is 6.07 Å². The summed E-state index contributed by atoms with van der Waals surface area (Å²) < 4.78 is 11.9. The lowest BCUT2D eigenvalue weighted by Crippen LogP contribution is -2.18. The first kappa shape index (κ1) is 27.5. The second-order valence-corrected chi connectivity index (χ2v) is 9.26. The normalized spacial score (nSPS) is 10.8. The fraction of sp³-hybridized carbons (Fsp3) is 0.194. The van der Waals surface area contributed by atoms with Crippen LogP contribution in [0.25, 0.3) is 22.6 Å². The van der Waals surface area contributed by atoms with Gasteiger partial charge in [-0.05, 0) is 47.4 Å². The molecule has 2 aromatic carbocycles. The highest BCUT2D eigenvalue weighted by Gasteiger charge is 2.15. The number of pyridine rings is 2. The lowest BCUT2D eigenvalue weighted by atomic mass is 9.96. The van der Waals surface area contributed by atoms with Crippen molar-refractivity contribution in [1.82, 2.24) is 25.5 Å². The summed E-state index contributed by atoms with van der Waals surface area (Å²) in [7, 11) is 0. The summed E-state index contributed by atoms with van der Waals surface area (Å²) in [6.45, 7) is 3.28. The molecule has 0 aliphatic rings. The molecule has 0 radical (unpaired) electrons. The Morgan fingerprint density at radius 3 is 2.68 bits per heavy atom. The first-order valence-electron chi connectivity index (χ1n) is 13.2. The third kappa shape index (κ3) is 6.91. The molecule has 3 heterocycles. The van der Waals surface area contributed by atoms with Crippen LogP contribution in [0.15, 0.2) is 83.7 Å². The Kier molecular flexibility index (Phi) is 8.91. The third-order valence-electron chi connectivity index (χ3n) is 6.41. The summed E-state index contributed by atoms with van der Waals surface area (Å²) in [4.78, 5) is 8.59. The average Bonchev–Trinajstić information content (AvgIpc) is 3.47. The summed E-state index contributed by atoms with van der Waals surface area (Å²) in [5, 5.41) is 33.0.